The molecule has 0 bridgehead atoms. The number of rotatable bonds is 15. The number of hydrogen-bond acceptors (Lipinski definition) is 7. The molecule has 254 valence electrons. The van der Waals surface area contributed by atoms with E-state index in [1.165, 1.54) is 7.11 Å². The van der Waals surface area contributed by atoms with Gasteiger partial charge >= 0.3 is 5.97 Å². The molecular formula is C36H41N9O4. The second-order valence-corrected chi connectivity index (χ2v) is 11.7. The average Bonchev–Trinajstić information content (AvgIpc) is 3.76. The van der Waals surface area contributed by atoms with E-state index in [2.05, 4.69) is 42.7 Å². The van der Waals surface area contributed by atoms with Crippen LogP contribution in [0.3, 0.4) is 0 Å². The lowest BCUT2D eigenvalue weighted by atomic mass is 10.0. The van der Waals surface area contributed by atoms with Crippen LogP contribution in [0.15, 0.2) is 96.2 Å². The van der Waals surface area contributed by atoms with Gasteiger partial charge in [-0.25, -0.2) is 9.78 Å². The molecule has 13 nitrogen and oxygen atoms in total. The highest BCUT2D eigenvalue weighted by Crippen LogP contribution is 2.24. The van der Waals surface area contributed by atoms with Crippen molar-refractivity contribution in [2.24, 2.45) is 22.2 Å². The van der Waals surface area contributed by atoms with E-state index in [0.717, 1.165) is 33.2 Å². The molecule has 0 aliphatic rings. The van der Waals surface area contributed by atoms with E-state index < -0.39 is 35.9 Å². The highest BCUT2D eigenvalue weighted by atomic mass is 16.5. The van der Waals surface area contributed by atoms with Crippen LogP contribution < -0.4 is 27.8 Å². The van der Waals surface area contributed by atoms with Gasteiger partial charge in [-0.1, -0.05) is 72.8 Å². The van der Waals surface area contributed by atoms with E-state index in [1.807, 2.05) is 66.7 Å². The lowest BCUT2D eigenvalue weighted by molar-refractivity contribution is -0.145. The largest absolute Gasteiger partial charge is 0.467 e. The number of aromatic nitrogens is 3. The topological polar surface area (TPSA) is 219 Å². The lowest BCUT2D eigenvalue weighted by Crippen LogP contribution is -2.55. The monoisotopic (exact) mass is 663 g/mol. The molecule has 10 N–H and O–H groups in total. The van der Waals surface area contributed by atoms with Crippen molar-refractivity contribution in [1.82, 2.24) is 25.6 Å². The molecule has 0 saturated carbocycles. The number of amides is 2. The van der Waals surface area contributed by atoms with Gasteiger partial charge in [0.15, 0.2) is 5.96 Å². The molecule has 0 fully saturated rings. The number of benzene rings is 3. The fourth-order valence-corrected chi connectivity index (χ4v) is 5.57. The van der Waals surface area contributed by atoms with Crippen LogP contribution >= 0.6 is 0 Å². The summed E-state index contributed by atoms with van der Waals surface area (Å²) in [5.74, 6) is -1.15. The van der Waals surface area contributed by atoms with E-state index >= 15 is 0 Å². The quantitative estimate of drug-likeness (QED) is 0.0381. The van der Waals surface area contributed by atoms with Crippen molar-refractivity contribution in [3.8, 4) is 22.5 Å². The van der Waals surface area contributed by atoms with Crippen molar-refractivity contribution in [2.45, 2.75) is 43.8 Å². The SMILES string of the molecule is COC(=O)[C@H](CCCN=C(N)N)NC(=O)[C@H](Cc1c[nH]c2ccccc12)NC(=O)[C@@H](N)Cc1cnc(-c2ccc(-c3ccccc3)cc2)[nH]1. The van der Waals surface area contributed by atoms with Gasteiger partial charge in [0.2, 0.25) is 11.8 Å². The van der Waals surface area contributed by atoms with Crippen LogP contribution in [0.5, 0.6) is 0 Å². The van der Waals surface area contributed by atoms with Gasteiger partial charge in [0.05, 0.1) is 13.2 Å². The summed E-state index contributed by atoms with van der Waals surface area (Å²) >= 11 is 0. The first-order valence-corrected chi connectivity index (χ1v) is 16.0. The minimum Gasteiger partial charge on any atom is -0.467 e. The van der Waals surface area contributed by atoms with Gasteiger partial charge in [-0.2, -0.15) is 0 Å². The number of H-pyrrole nitrogens is 2. The summed E-state index contributed by atoms with van der Waals surface area (Å²) < 4.78 is 4.92. The summed E-state index contributed by atoms with van der Waals surface area (Å²) in [4.78, 5) is 54.6. The van der Waals surface area contributed by atoms with Crippen molar-refractivity contribution in [2.75, 3.05) is 13.7 Å². The van der Waals surface area contributed by atoms with Crippen molar-refractivity contribution in [1.29, 1.82) is 0 Å². The van der Waals surface area contributed by atoms with Gasteiger partial charge < -0.3 is 42.5 Å². The molecular weight excluding hydrogens is 622 g/mol. The van der Waals surface area contributed by atoms with E-state index in [4.69, 9.17) is 21.9 Å². The van der Waals surface area contributed by atoms with Crippen LogP contribution in [0.2, 0.25) is 0 Å². The van der Waals surface area contributed by atoms with Gasteiger partial charge in [-0.15, -0.1) is 0 Å². The molecule has 0 saturated heterocycles. The number of nitrogens with zero attached hydrogens (tertiary/aromatic N) is 2. The van der Waals surface area contributed by atoms with Crippen LogP contribution in [0.25, 0.3) is 33.4 Å². The van der Waals surface area contributed by atoms with E-state index in [9.17, 15) is 14.4 Å². The summed E-state index contributed by atoms with van der Waals surface area (Å²) in [6, 6.07) is 22.7. The Bertz CT molecular complexity index is 1900. The summed E-state index contributed by atoms with van der Waals surface area (Å²) in [5, 5.41) is 6.46. The number of carbonyl (C=O) groups is 3. The van der Waals surface area contributed by atoms with Crippen LogP contribution in [-0.2, 0) is 32.0 Å². The Kier molecular flexibility index (Phi) is 11.4. The summed E-state index contributed by atoms with van der Waals surface area (Å²) in [6.07, 6.45) is 4.36. The van der Waals surface area contributed by atoms with Crippen molar-refractivity contribution in [3.05, 3.63) is 103 Å². The van der Waals surface area contributed by atoms with Crippen molar-refractivity contribution < 1.29 is 19.1 Å². The predicted octanol–water partition coefficient (Wildman–Crippen LogP) is 2.53. The minimum atomic E-state index is -1.05. The van der Waals surface area contributed by atoms with Crippen LogP contribution in [0.4, 0.5) is 0 Å². The third-order valence-electron chi connectivity index (χ3n) is 8.15. The number of nitrogens with two attached hydrogens (primary N) is 3. The molecule has 5 rings (SSSR count). The Morgan fingerprint density at radius 1 is 0.857 bits per heavy atom. The van der Waals surface area contributed by atoms with Crippen LogP contribution in [0.1, 0.15) is 24.1 Å². The Morgan fingerprint density at radius 3 is 2.27 bits per heavy atom. The third-order valence-corrected chi connectivity index (χ3v) is 8.15. The maximum atomic E-state index is 13.7. The predicted molar refractivity (Wildman–Crippen MR) is 189 cm³/mol. The maximum absolute atomic E-state index is 13.7. The maximum Gasteiger partial charge on any atom is 0.328 e. The molecule has 0 aliphatic heterocycles. The average molecular weight is 664 g/mol. The molecule has 13 heteroatoms. The van der Waals surface area contributed by atoms with Gasteiger partial charge in [0.25, 0.3) is 0 Å². The van der Waals surface area contributed by atoms with Crippen LogP contribution in [-0.4, -0.2) is 70.5 Å². The number of aliphatic imine (C=N–C) groups is 1. The number of fused-ring (bicyclic) bond motifs is 1. The Balaban J connectivity index is 1.27. The van der Waals surface area contributed by atoms with E-state index in [-0.39, 0.29) is 31.8 Å². The highest BCUT2D eigenvalue weighted by Gasteiger charge is 2.29. The number of carbonyl (C=O) groups excluding carboxylic acids is 3. The number of nitrogens with one attached hydrogen (secondary N) is 4. The smallest absolute Gasteiger partial charge is 0.328 e. The molecule has 0 aliphatic carbocycles. The fourth-order valence-electron chi connectivity index (χ4n) is 5.57. The number of guanidine groups is 1. The number of ether oxygens (including phenoxy) is 1. The number of para-hydroxylation sites is 1. The molecule has 0 unspecified atom stereocenters. The van der Waals surface area contributed by atoms with Gasteiger partial charge in [-0.05, 0) is 35.6 Å². The second-order valence-electron chi connectivity index (χ2n) is 11.7. The van der Waals surface area contributed by atoms with Gasteiger partial charge in [-0.3, -0.25) is 14.6 Å². The Labute approximate surface area is 283 Å². The van der Waals surface area contributed by atoms with Crippen molar-refractivity contribution >= 4 is 34.6 Å². The molecule has 3 atom stereocenters. The number of imidazole rings is 1. The Hall–Kier alpha value is -5.95. The third kappa shape index (κ3) is 9.11. The highest BCUT2D eigenvalue weighted by molar-refractivity contribution is 5.93. The number of aromatic amines is 2. The molecule has 2 amide bonds. The first-order chi connectivity index (χ1) is 23.7. The second kappa shape index (κ2) is 16.2. The summed E-state index contributed by atoms with van der Waals surface area (Å²) in [5.41, 5.74) is 22.6. The number of methoxy groups -OCH3 is 1. The minimum absolute atomic E-state index is 0.0691. The number of hydrogen-bond donors (Lipinski definition) is 7. The first-order valence-electron chi connectivity index (χ1n) is 16.0. The van der Waals surface area contributed by atoms with Crippen molar-refractivity contribution in [3.63, 3.8) is 0 Å². The van der Waals surface area contributed by atoms with E-state index in [1.54, 1.807) is 12.4 Å². The lowest BCUT2D eigenvalue weighted by Gasteiger charge is -2.23. The number of esters is 1. The van der Waals surface area contributed by atoms with Gasteiger partial charge in [0, 0.05) is 53.9 Å². The normalized spacial score (nSPS) is 12.9. The molecule has 0 radical (unpaired) electrons. The zero-order valence-corrected chi connectivity index (χ0v) is 27.2. The molecule has 2 heterocycles. The Morgan fingerprint density at radius 2 is 1.53 bits per heavy atom. The van der Waals surface area contributed by atoms with Crippen LogP contribution in [0, 0.1) is 0 Å². The summed E-state index contributed by atoms with van der Waals surface area (Å²) in [7, 11) is 1.24. The molecule has 3 aromatic carbocycles. The van der Waals surface area contributed by atoms with E-state index in [0.29, 0.717) is 17.9 Å². The molecule has 0 spiro atoms. The molecule has 5 aromatic rings. The summed E-state index contributed by atoms with van der Waals surface area (Å²) in [6.45, 7) is 0.268. The standard InChI is InChI=1S/C36H41N9O4/c1-49-35(48)30(12-7-17-40-36(38)39)44-34(47)31(18-25-20-41-29-11-6-5-10-27(25)29)45-33(46)28(37)19-26-21-42-32(43-26)24-15-13-23(14-16-24)22-8-3-2-4-9-22/h2-6,8-11,13-16,20-21,28,30-31,41H,7,12,17-19,37H2,1H3,(H,42,43)(H,44,47)(H,45,46)(H4,38,39,40)/t28-,30-,31-/m0/s1. The zero-order chi connectivity index (χ0) is 34.8. The fraction of sp³-hybridized carbons (Fsp3) is 0.250. The molecule has 2 aromatic heterocycles. The molecule has 49 heavy (non-hydrogen) atoms. The first kappa shape index (κ1) is 34.4. The zero-order valence-electron chi connectivity index (χ0n) is 27.2. The van der Waals surface area contributed by atoms with Gasteiger partial charge in [0.1, 0.15) is 17.9 Å².